The number of carbonyl (C=O) groups is 1. The van der Waals surface area contributed by atoms with Crippen LogP contribution in [0.5, 0.6) is 11.5 Å². The highest BCUT2D eigenvalue weighted by Crippen LogP contribution is 2.30. The third kappa shape index (κ3) is 7.72. The standard InChI is InChI=1S/C32H26ClFN4O3S/c1-2-40-30-17-21(6-15-29(30)41-19-22-4-3-5-26(34)16-22)18-35-38-31(39)24-9-7-23(8-10-24)28-20-42-32(37-28)36-27-13-11-25(33)12-14-27/h3-18,20H,2,19H2,1H3,(H,36,37)(H,38,39)/b35-18-. The lowest BCUT2D eigenvalue weighted by molar-refractivity contribution is 0.0955. The predicted octanol–water partition coefficient (Wildman–Crippen LogP) is 8.09. The third-order valence-electron chi connectivity index (χ3n) is 5.97. The van der Waals surface area contributed by atoms with Crippen molar-refractivity contribution in [3.05, 3.63) is 124 Å². The zero-order valence-corrected chi connectivity index (χ0v) is 24.1. The van der Waals surface area contributed by atoms with Gasteiger partial charge in [-0.15, -0.1) is 11.3 Å². The summed E-state index contributed by atoms with van der Waals surface area (Å²) >= 11 is 7.43. The smallest absolute Gasteiger partial charge is 0.271 e. The summed E-state index contributed by atoms with van der Waals surface area (Å²) in [6, 6.07) is 26.1. The second kappa shape index (κ2) is 13.8. The van der Waals surface area contributed by atoms with E-state index < -0.39 is 0 Å². The van der Waals surface area contributed by atoms with E-state index in [1.165, 1.54) is 29.7 Å². The zero-order valence-electron chi connectivity index (χ0n) is 22.5. The zero-order chi connectivity index (χ0) is 29.3. The van der Waals surface area contributed by atoms with Crippen LogP contribution in [0.2, 0.25) is 5.02 Å². The fraction of sp³-hybridized carbons (Fsp3) is 0.0938. The fourth-order valence-corrected chi connectivity index (χ4v) is 4.79. The molecule has 0 aliphatic rings. The van der Waals surface area contributed by atoms with Gasteiger partial charge in [0.25, 0.3) is 5.91 Å². The molecule has 0 fully saturated rings. The number of rotatable bonds is 11. The van der Waals surface area contributed by atoms with Gasteiger partial charge in [-0.2, -0.15) is 5.10 Å². The van der Waals surface area contributed by atoms with Crippen molar-refractivity contribution in [1.82, 2.24) is 10.4 Å². The molecule has 1 heterocycles. The first-order chi connectivity index (χ1) is 20.5. The van der Waals surface area contributed by atoms with Crippen LogP contribution in [-0.2, 0) is 6.61 Å². The van der Waals surface area contributed by atoms with Crippen molar-refractivity contribution in [2.24, 2.45) is 5.10 Å². The van der Waals surface area contributed by atoms with Crippen molar-refractivity contribution < 1.29 is 18.7 Å². The molecule has 4 aromatic carbocycles. The Bertz CT molecular complexity index is 1690. The number of thiazole rings is 1. The number of ether oxygens (including phenoxy) is 2. The minimum absolute atomic E-state index is 0.198. The lowest BCUT2D eigenvalue weighted by Gasteiger charge is -2.12. The van der Waals surface area contributed by atoms with Crippen LogP contribution in [0.1, 0.15) is 28.4 Å². The van der Waals surface area contributed by atoms with Crippen LogP contribution < -0.4 is 20.2 Å². The summed E-state index contributed by atoms with van der Waals surface area (Å²) in [5.74, 6) is 0.382. The van der Waals surface area contributed by atoms with E-state index in [2.05, 4.69) is 20.8 Å². The van der Waals surface area contributed by atoms with Gasteiger partial charge < -0.3 is 14.8 Å². The van der Waals surface area contributed by atoms with Gasteiger partial charge in [-0.05, 0) is 84.8 Å². The molecule has 212 valence electrons. The lowest BCUT2D eigenvalue weighted by Crippen LogP contribution is -2.17. The Morgan fingerprint density at radius 3 is 2.57 bits per heavy atom. The number of hydrogen-bond donors (Lipinski definition) is 2. The minimum Gasteiger partial charge on any atom is -0.490 e. The van der Waals surface area contributed by atoms with Gasteiger partial charge in [0, 0.05) is 27.2 Å². The molecule has 0 bridgehead atoms. The number of hydrazone groups is 1. The van der Waals surface area contributed by atoms with Gasteiger partial charge >= 0.3 is 0 Å². The number of anilines is 2. The van der Waals surface area contributed by atoms with Crippen molar-refractivity contribution in [2.75, 3.05) is 11.9 Å². The van der Waals surface area contributed by atoms with Gasteiger partial charge in [-0.1, -0.05) is 35.9 Å². The van der Waals surface area contributed by atoms with Crippen molar-refractivity contribution in [1.29, 1.82) is 0 Å². The first-order valence-corrected chi connectivity index (χ1v) is 14.3. The van der Waals surface area contributed by atoms with E-state index in [1.807, 2.05) is 48.7 Å². The molecule has 42 heavy (non-hydrogen) atoms. The van der Waals surface area contributed by atoms with Crippen LogP contribution in [0.4, 0.5) is 15.2 Å². The van der Waals surface area contributed by atoms with Crippen LogP contribution >= 0.6 is 22.9 Å². The van der Waals surface area contributed by atoms with Crippen molar-refractivity contribution >= 4 is 45.9 Å². The van der Waals surface area contributed by atoms with Crippen LogP contribution in [0, 0.1) is 5.82 Å². The molecule has 5 aromatic rings. The Balaban J connectivity index is 1.17. The Morgan fingerprint density at radius 1 is 1.00 bits per heavy atom. The van der Waals surface area contributed by atoms with Crippen molar-refractivity contribution in [2.45, 2.75) is 13.5 Å². The third-order valence-corrected chi connectivity index (χ3v) is 6.98. The summed E-state index contributed by atoms with van der Waals surface area (Å²) in [4.78, 5) is 17.3. The molecule has 0 radical (unpaired) electrons. The van der Waals surface area contributed by atoms with Crippen molar-refractivity contribution in [3.8, 4) is 22.8 Å². The van der Waals surface area contributed by atoms with Gasteiger partial charge in [0.1, 0.15) is 12.4 Å². The maximum Gasteiger partial charge on any atom is 0.271 e. The summed E-state index contributed by atoms with van der Waals surface area (Å²) in [5.41, 5.74) is 7.01. The fourth-order valence-electron chi connectivity index (χ4n) is 3.92. The molecule has 1 amide bonds. The normalized spacial score (nSPS) is 10.9. The Kier molecular flexibility index (Phi) is 9.43. The summed E-state index contributed by atoms with van der Waals surface area (Å²) < 4.78 is 25.0. The number of benzene rings is 4. The molecule has 0 spiro atoms. The molecular formula is C32H26ClFN4O3S. The summed E-state index contributed by atoms with van der Waals surface area (Å²) in [5, 5.41) is 10.7. The number of nitrogens with one attached hydrogen (secondary N) is 2. The number of amides is 1. The topological polar surface area (TPSA) is 84.8 Å². The Labute approximate surface area is 251 Å². The molecule has 5 rings (SSSR count). The lowest BCUT2D eigenvalue weighted by atomic mass is 10.1. The first-order valence-electron chi connectivity index (χ1n) is 13.0. The Hall–Kier alpha value is -4.73. The average molecular weight is 601 g/mol. The number of carbonyl (C=O) groups excluding carboxylic acids is 1. The number of nitrogens with zero attached hydrogens (tertiary/aromatic N) is 2. The summed E-state index contributed by atoms with van der Waals surface area (Å²) in [6.07, 6.45) is 1.52. The summed E-state index contributed by atoms with van der Waals surface area (Å²) in [7, 11) is 0. The number of hydrogen-bond acceptors (Lipinski definition) is 7. The van der Waals surface area contributed by atoms with Gasteiger partial charge in [0.15, 0.2) is 16.6 Å². The van der Waals surface area contributed by atoms with Gasteiger partial charge in [-0.25, -0.2) is 14.8 Å². The highest BCUT2D eigenvalue weighted by atomic mass is 35.5. The van der Waals surface area contributed by atoms with Crippen LogP contribution in [-0.4, -0.2) is 23.7 Å². The highest BCUT2D eigenvalue weighted by molar-refractivity contribution is 7.14. The highest BCUT2D eigenvalue weighted by Gasteiger charge is 2.10. The minimum atomic E-state index is -0.346. The van der Waals surface area contributed by atoms with Crippen LogP contribution in [0.3, 0.4) is 0 Å². The quantitative estimate of drug-likeness (QED) is 0.118. The van der Waals surface area contributed by atoms with Gasteiger partial charge in [0.2, 0.25) is 0 Å². The molecule has 0 atom stereocenters. The molecule has 0 aliphatic heterocycles. The molecule has 10 heteroatoms. The molecule has 0 unspecified atom stereocenters. The van der Waals surface area contributed by atoms with E-state index in [9.17, 15) is 9.18 Å². The second-order valence-corrected chi connectivity index (χ2v) is 10.3. The molecular weight excluding hydrogens is 575 g/mol. The van der Waals surface area contributed by atoms with Gasteiger partial charge in [-0.3, -0.25) is 4.79 Å². The van der Waals surface area contributed by atoms with Crippen LogP contribution in [0.25, 0.3) is 11.3 Å². The second-order valence-electron chi connectivity index (χ2n) is 9.00. The number of aromatic nitrogens is 1. The largest absolute Gasteiger partial charge is 0.490 e. The molecule has 7 nitrogen and oxygen atoms in total. The predicted molar refractivity (Wildman–Crippen MR) is 166 cm³/mol. The van der Waals surface area contributed by atoms with E-state index in [-0.39, 0.29) is 18.3 Å². The molecule has 1 aromatic heterocycles. The first kappa shape index (κ1) is 28.8. The maximum atomic E-state index is 13.5. The van der Waals surface area contributed by atoms with E-state index in [4.69, 9.17) is 21.1 Å². The average Bonchev–Trinajstić information content (AvgIpc) is 3.46. The maximum absolute atomic E-state index is 13.5. The van der Waals surface area contributed by atoms with Gasteiger partial charge in [0.05, 0.1) is 18.5 Å². The molecule has 2 N–H and O–H groups in total. The SMILES string of the molecule is CCOc1cc(/C=N\NC(=O)c2ccc(-c3csc(Nc4ccc(Cl)cc4)n3)cc2)ccc1OCc1cccc(F)c1. The van der Waals surface area contributed by atoms with E-state index in [1.54, 1.807) is 42.5 Å². The van der Waals surface area contributed by atoms with Crippen LogP contribution in [0.15, 0.2) is 101 Å². The monoisotopic (exact) mass is 600 g/mol. The van der Waals surface area contributed by atoms with E-state index in [0.717, 1.165) is 22.1 Å². The number of halogens is 2. The van der Waals surface area contributed by atoms with E-state index >= 15 is 0 Å². The Morgan fingerprint density at radius 2 is 1.81 bits per heavy atom. The molecule has 0 saturated heterocycles. The summed E-state index contributed by atoms with van der Waals surface area (Å²) in [6.45, 7) is 2.50. The van der Waals surface area contributed by atoms with E-state index in [0.29, 0.717) is 39.8 Å². The van der Waals surface area contributed by atoms with Crippen molar-refractivity contribution in [3.63, 3.8) is 0 Å². The molecule has 0 aliphatic carbocycles. The molecule has 0 saturated carbocycles.